The maximum atomic E-state index is 5.66. The number of ether oxygens (including phenoxy) is 1. The van der Waals surface area contributed by atoms with Crippen LogP contribution in [0.25, 0.3) is 60.9 Å². The van der Waals surface area contributed by atoms with Gasteiger partial charge in [-0.25, -0.2) is 0 Å². The fourth-order valence-electron chi connectivity index (χ4n) is 7.80. The number of aryl methyl sites for hydroxylation is 1. The Morgan fingerprint density at radius 3 is 1.62 bits per heavy atom. The van der Waals surface area contributed by atoms with Crippen molar-refractivity contribution in [1.82, 2.24) is 4.57 Å². The van der Waals surface area contributed by atoms with Crippen molar-refractivity contribution in [3.05, 3.63) is 216 Å². The van der Waals surface area contributed by atoms with Gasteiger partial charge in [0, 0.05) is 22.9 Å². The lowest BCUT2D eigenvalue weighted by Crippen LogP contribution is -1.92. The van der Waals surface area contributed by atoms with Crippen LogP contribution in [0.5, 0.6) is 5.75 Å². The summed E-state index contributed by atoms with van der Waals surface area (Å²) < 4.78 is 8.03. The molecule has 1 aromatic heterocycles. The van der Waals surface area contributed by atoms with Gasteiger partial charge in [0.25, 0.3) is 0 Å². The van der Waals surface area contributed by atoms with Crippen molar-refractivity contribution in [1.29, 1.82) is 0 Å². The predicted octanol–water partition coefficient (Wildman–Crippen LogP) is 13.6. The first-order chi connectivity index (χ1) is 27.2. The largest absolute Gasteiger partial charge is 0.493 e. The Balaban J connectivity index is 0.000000239. The Morgan fingerprint density at radius 1 is 0.436 bits per heavy atom. The van der Waals surface area contributed by atoms with Gasteiger partial charge in [0.1, 0.15) is 5.75 Å². The minimum atomic E-state index is 0.795. The van der Waals surface area contributed by atoms with Crippen LogP contribution in [-0.2, 0) is 19.3 Å². The van der Waals surface area contributed by atoms with Crippen LogP contribution in [0.1, 0.15) is 29.2 Å². The zero-order valence-electron chi connectivity index (χ0n) is 31.2. The molecule has 55 heavy (non-hydrogen) atoms. The third kappa shape index (κ3) is 7.20. The van der Waals surface area contributed by atoms with Gasteiger partial charge in [-0.3, -0.25) is 0 Å². The number of hydrogen-bond acceptors (Lipinski definition) is 1. The summed E-state index contributed by atoms with van der Waals surface area (Å²) >= 11 is 0. The lowest BCUT2D eigenvalue weighted by Gasteiger charge is -2.09. The molecular formula is C53H43NO. The maximum Gasteiger partial charge on any atom is 0.122 e. The maximum absolute atomic E-state index is 5.66. The van der Waals surface area contributed by atoms with Crippen molar-refractivity contribution < 1.29 is 4.74 Å². The van der Waals surface area contributed by atoms with E-state index < -0.39 is 0 Å². The van der Waals surface area contributed by atoms with E-state index in [0.717, 1.165) is 31.6 Å². The minimum absolute atomic E-state index is 0.795. The third-order valence-electron chi connectivity index (χ3n) is 10.8. The topological polar surface area (TPSA) is 14.2 Å². The van der Waals surface area contributed by atoms with Gasteiger partial charge >= 0.3 is 0 Å². The van der Waals surface area contributed by atoms with Gasteiger partial charge in [-0.1, -0.05) is 159 Å². The molecule has 0 amide bonds. The van der Waals surface area contributed by atoms with Crippen LogP contribution in [0.2, 0.25) is 0 Å². The number of aromatic nitrogens is 1. The molecule has 8 aromatic carbocycles. The molecule has 10 rings (SSSR count). The molecule has 0 fully saturated rings. The number of benzene rings is 8. The highest BCUT2D eigenvalue weighted by molar-refractivity contribution is 6.10. The molecule has 2 heteroatoms. The summed E-state index contributed by atoms with van der Waals surface area (Å²) in [5, 5.41) is 2.56. The monoisotopic (exact) mass is 709 g/mol. The van der Waals surface area contributed by atoms with Gasteiger partial charge in [0.05, 0.1) is 17.6 Å². The van der Waals surface area contributed by atoms with Crippen LogP contribution in [0.3, 0.4) is 0 Å². The van der Waals surface area contributed by atoms with E-state index >= 15 is 0 Å². The molecule has 0 spiro atoms. The molecule has 0 saturated heterocycles. The molecule has 2 heterocycles. The van der Waals surface area contributed by atoms with Crippen LogP contribution >= 0.6 is 0 Å². The normalized spacial score (nSPS) is 11.9. The van der Waals surface area contributed by atoms with E-state index in [1.54, 1.807) is 0 Å². The Kier molecular flexibility index (Phi) is 9.55. The van der Waals surface area contributed by atoms with E-state index in [1.807, 2.05) is 6.07 Å². The van der Waals surface area contributed by atoms with Crippen molar-refractivity contribution >= 4 is 21.8 Å². The van der Waals surface area contributed by atoms with Gasteiger partial charge in [-0.05, 0) is 111 Å². The first kappa shape index (κ1) is 34.1. The van der Waals surface area contributed by atoms with Gasteiger partial charge in [-0.2, -0.15) is 0 Å². The van der Waals surface area contributed by atoms with Gasteiger partial charge < -0.3 is 9.30 Å². The van der Waals surface area contributed by atoms with Gasteiger partial charge in [0.2, 0.25) is 0 Å². The molecule has 0 atom stereocenters. The molecular weight excluding hydrogens is 667 g/mol. The molecule has 0 N–H and O–H groups in total. The van der Waals surface area contributed by atoms with E-state index in [9.17, 15) is 0 Å². The predicted molar refractivity (Wildman–Crippen MR) is 231 cm³/mol. The second-order valence-corrected chi connectivity index (χ2v) is 14.3. The molecule has 0 radical (unpaired) electrons. The van der Waals surface area contributed by atoms with E-state index in [4.69, 9.17) is 4.74 Å². The molecule has 2 nitrogen and oxygen atoms in total. The summed E-state index contributed by atoms with van der Waals surface area (Å²) in [4.78, 5) is 0. The highest BCUT2D eigenvalue weighted by atomic mass is 16.5. The lowest BCUT2D eigenvalue weighted by atomic mass is 9.97. The van der Waals surface area contributed by atoms with E-state index in [1.165, 1.54) is 83.1 Å². The summed E-state index contributed by atoms with van der Waals surface area (Å²) in [5.74, 6) is 1.03. The zero-order chi connectivity index (χ0) is 37.0. The molecule has 266 valence electrons. The molecule has 1 aliphatic heterocycles. The molecule has 0 aliphatic carbocycles. The zero-order valence-corrected chi connectivity index (χ0v) is 31.2. The molecule has 0 saturated carbocycles. The standard InChI is InChI=1S/C39H29NO.C14H14/c1-2-6-34(7-3-1)40-37-9-5-4-8-35(37)36-26-32(18-20-38(36)40)30-16-12-28(13-17-30)24-27-10-14-29(15-11-27)31-19-21-39-33(25-31)22-23-41-39;1-2-12-8-10-14(11-9-12)13-6-4-3-5-7-13/h1-21,25-26H,22-24H2;3-11H,2H2,1H3. The van der Waals surface area contributed by atoms with E-state index in [-0.39, 0.29) is 0 Å². The summed E-state index contributed by atoms with van der Waals surface area (Å²) in [6.07, 6.45) is 3.03. The number of para-hydroxylation sites is 2. The number of fused-ring (bicyclic) bond motifs is 4. The highest BCUT2D eigenvalue weighted by Gasteiger charge is 2.14. The van der Waals surface area contributed by atoms with Crippen molar-refractivity contribution in [3.8, 4) is 44.8 Å². The van der Waals surface area contributed by atoms with Crippen molar-refractivity contribution in [2.24, 2.45) is 0 Å². The average molecular weight is 710 g/mol. The Bertz CT molecular complexity index is 2690. The first-order valence-electron chi connectivity index (χ1n) is 19.4. The minimum Gasteiger partial charge on any atom is -0.493 e. The number of nitrogens with zero attached hydrogens (tertiary/aromatic N) is 1. The van der Waals surface area contributed by atoms with Crippen LogP contribution in [0.15, 0.2) is 194 Å². The number of hydrogen-bond donors (Lipinski definition) is 0. The second kappa shape index (κ2) is 15.4. The van der Waals surface area contributed by atoms with Gasteiger partial charge in [0.15, 0.2) is 0 Å². The lowest BCUT2D eigenvalue weighted by molar-refractivity contribution is 0.357. The smallest absolute Gasteiger partial charge is 0.122 e. The van der Waals surface area contributed by atoms with Crippen LogP contribution in [0, 0.1) is 0 Å². The Morgan fingerprint density at radius 2 is 0.945 bits per heavy atom. The van der Waals surface area contributed by atoms with Crippen molar-refractivity contribution in [3.63, 3.8) is 0 Å². The van der Waals surface area contributed by atoms with Crippen molar-refractivity contribution in [2.45, 2.75) is 26.2 Å². The van der Waals surface area contributed by atoms with Crippen LogP contribution in [-0.4, -0.2) is 11.2 Å². The third-order valence-corrected chi connectivity index (χ3v) is 10.8. The Labute approximate surface area is 323 Å². The molecule has 1 aliphatic rings. The highest BCUT2D eigenvalue weighted by Crippen LogP contribution is 2.35. The molecule has 0 unspecified atom stereocenters. The quantitative estimate of drug-likeness (QED) is 0.161. The Hall–Kier alpha value is -6.64. The summed E-state index contributed by atoms with van der Waals surface area (Å²) in [7, 11) is 0. The van der Waals surface area contributed by atoms with E-state index in [0.29, 0.717) is 0 Å². The van der Waals surface area contributed by atoms with E-state index in [2.05, 4.69) is 200 Å². The fourth-order valence-corrected chi connectivity index (χ4v) is 7.80. The van der Waals surface area contributed by atoms with Crippen LogP contribution < -0.4 is 4.74 Å². The van der Waals surface area contributed by atoms with Gasteiger partial charge in [-0.15, -0.1) is 0 Å². The summed E-state index contributed by atoms with van der Waals surface area (Å²) in [5.41, 5.74) is 16.6. The SMILES string of the molecule is CCc1ccc(-c2ccccc2)cc1.c1ccc(-n2c3ccccc3c3cc(-c4ccc(Cc5ccc(-c6ccc7c(c6)CCO7)cc5)cc4)ccc32)cc1. The average Bonchev–Trinajstić information content (AvgIpc) is 3.87. The first-order valence-corrected chi connectivity index (χ1v) is 19.4. The van der Waals surface area contributed by atoms with Crippen molar-refractivity contribution in [2.75, 3.05) is 6.61 Å². The molecule has 9 aromatic rings. The second-order valence-electron chi connectivity index (χ2n) is 14.3. The fraction of sp³-hybridized carbons (Fsp3) is 0.0943. The molecule has 0 bridgehead atoms. The number of rotatable bonds is 7. The van der Waals surface area contributed by atoms with Crippen LogP contribution in [0.4, 0.5) is 0 Å². The summed E-state index contributed by atoms with van der Waals surface area (Å²) in [6, 6.07) is 70.0. The summed E-state index contributed by atoms with van der Waals surface area (Å²) in [6.45, 7) is 2.97.